The molecule has 0 fully saturated rings. The Labute approximate surface area is 245 Å². The van der Waals surface area contributed by atoms with Gasteiger partial charge in [-0.3, -0.25) is 9.59 Å². The van der Waals surface area contributed by atoms with Gasteiger partial charge in [-0.25, -0.2) is 8.78 Å². The first kappa shape index (κ1) is 29.7. The lowest BCUT2D eigenvalue weighted by Crippen LogP contribution is -2.12. The second kappa shape index (κ2) is 12.6. The third-order valence-corrected chi connectivity index (χ3v) is 5.98. The normalized spacial score (nSPS) is 10.7. The maximum atomic E-state index is 15.0. The number of hydrogen-bond donors (Lipinski definition) is 2. The number of ether oxygens (including phenoxy) is 2. The zero-order valence-electron chi connectivity index (χ0n) is 22.1. The number of rotatable bonds is 8. The van der Waals surface area contributed by atoms with Crippen LogP contribution in [-0.4, -0.2) is 11.8 Å². The molecule has 0 unspecified atom stereocenters. The summed E-state index contributed by atoms with van der Waals surface area (Å²) in [7, 11) is 0. The standard InChI is InChI=1S/C32H18F6N2O4/c33-19-7-1-5-17(13-19)31(41)39-21-9-3-11-23(15-21)43-29-25(35)27(37)30(28(38)26(29)36)44-24-12-4-10-22(16-24)40-32(42)18-6-2-8-20(34)14-18/h1-16H,(H,39,41)(H,40,42). The van der Waals surface area contributed by atoms with Crippen LogP contribution in [0.5, 0.6) is 23.0 Å². The van der Waals surface area contributed by atoms with Crippen molar-refractivity contribution in [1.82, 2.24) is 0 Å². The molecular formula is C32H18F6N2O4. The van der Waals surface area contributed by atoms with E-state index in [1.165, 1.54) is 60.7 Å². The molecule has 0 aliphatic carbocycles. The lowest BCUT2D eigenvalue weighted by molar-refractivity contribution is 0.101. The highest BCUT2D eigenvalue weighted by atomic mass is 19.2. The van der Waals surface area contributed by atoms with E-state index >= 15 is 0 Å². The second-order valence-electron chi connectivity index (χ2n) is 9.10. The van der Waals surface area contributed by atoms with E-state index < -0.39 is 58.2 Å². The van der Waals surface area contributed by atoms with Crippen LogP contribution in [0, 0.1) is 34.9 Å². The lowest BCUT2D eigenvalue weighted by Gasteiger charge is -2.15. The molecule has 5 rings (SSSR count). The highest BCUT2D eigenvalue weighted by Crippen LogP contribution is 2.39. The van der Waals surface area contributed by atoms with E-state index in [0.29, 0.717) is 0 Å². The summed E-state index contributed by atoms with van der Waals surface area (Å²) >= 11 is 0. The van der Waals surface area contributed by atoms with Crippen LogP contribution in [0.25, 0.3) is 0 Å². The van der Waals surface area contributed by atoms with Gasteiger partial charge < -0.3 is 20.1 Å². The van der Waals surface area contributed by atoms with Gasteiger partial charge in [-0.2, -0.15) is 17.6 Å². The maximum Gasteiger partial charge on any atom is 0.255 e. The summed E-state index contributed by atoms with van der Waals surface area (Å²) in [5.74, 6) is -13.8. The SMILES string of the molecule is O=C(Nc1cccc(Oc2c(F)c(F)c(Oc3cccc(NC(=O)c4cccc(F)c4)c3)c(F)c2F)c1)c1cccc(F)c1. The monoisotopic (exact) mass is 608 g/mol. The van der Waals surface area contributed by atoms with Crippen LogP contribution in [-0.2, 0) is 0 Å². The van der Waals surface area contributed by atoms with Crippen molar-refractivity contribution in [2.45, 2.75) is 0 Å². The van der Waals surface area contributed by atoms with Crippen molar-refractivity contribution in [3.8, 4) is 23.0 Å². The van der Waals surface area contributed by atoms with E-state index in [1.807, 2.05) is 0 Å². The van der Waals surface area contributed by atoms with Crippen molar-refractivity contribution < 1.29 is 45.4 Å². The molecule has 12 heteroatoms. The Hall–Kier alpha value is -5.78. The summed E-state index contributed by atoms with van der Waals surface area (Å²) in [6.07, 6.45) is 0. The third kappa shape index (κ3) is 6.65. The summed E-state index contributed by atoms with van der Waals surface area (Å²) in [6, 6.07) is 19.8. The maximum absolute atomic E-state index is 15.0. The summed E-state index contributed by atoms with van der Waals surface area (Å²) < 4.78 is 96.9. The molecule has 6 nitrogen and oxygen atoms in total. The zero-order valence-corrected chi connectivity index (χ0v) is 22.1. The first-order valence-electron chi connectivity index (χ1n) is 12.6. The van der Waals surface area contributed by atoms with Crippen molar-refractivity contribution in [2.24, 2.45) is 0 Å². The smallest absolute Gasteiger partial charge is 0.255 e. The van der Waals surface area contributed by atoms with E-state index in [1.54, 1.807) is 0 Å². The van der Waals surface area contributed by atoms with Crippen LogP contribution in [0.4, 0.5) is 37.7 Å². The minimum absolute atomic E-state index is 0.00681. The van der Waals surface area contributed by atoms with Gasteiger partial charge in [-0.15, -0.1) is 0 Å². The van der Waals surface area contributed by atoms with Gasteiger partial charge in [0.05, 0.1) is 0 Å². The van der Waals surface area contributed by atoms with Crippen LogP contribution in [0.2, 0.25) is 0 Å². The van der Waals surface area contributed by atoms with E-state index in [0.717, 1.165) is 36.4 Å². The Kier molecular flexibility index (Phi) is 8.51. The molecule has 0 aliphatic rings. The predicted molar refractivity (Wildman–Crippen MR) is 148 cm³/mol. The molecule has 44 heavy (non-hydrogen) atoms. The average molecular weight is 608 g/mol. The molecule has 0 saturated heterocycles. The van der Waals surface area contributed by atoms with Crippen molar-refractivity contribution in [1.29, 1.82) is 0 Å². The fourth-order valence-electron chi connectivity index (χ4n) is 3.95. The Morgan fingerprint density at radius 1 is 0.477 bits per heavy atom. The van der Waals surface area contributed by atoms with Crippen molar-refractivity contribution >= 4 is 23.2 Å². The number of amides is 2. The quantitative estimate of drug-likeness (QED) is 0.137. The first-order chi connectivity index (χ1) is 21.1. The van der Waals surface area contributed by atoms with Crippen molar-refractivity contribution in [2.75, 3.05) is 10.6 Å². The molecule has 0 saturated carbocycles. The molecule has 0 atom stereocenters. The Balaban J connectivity index is 1.34. The van der Waals surface area contributed by atoms with E-state index in [2.05, 4.69) is 10.6 Å². The molecular weight excluding hydrogens is 590 g/mol. The van der Waals surface area contributed by atoms with E-state index in [4.69, 9.17) is 9.47 Å². The van der Waals surface area contributed by atoms with Crippen LogP contribution in [0.15, 0.2) is 97.1 Å². The molecule has 0 aliphatic heterocycles. The number of benzene rings is 5. The van der Waals surface area contributed by atoms with Gasteiger partial charge in [-0.1, -0.05) is 24.3 Å². The molecule has 5 aromatic rings. The van der Waals surface area contributed by atoms with Crippen molar-refractivity contribution in [3.05, 3.63) is 143 Å². The highest BCUT2D eigenvalue weighted by Gasteiger charge is 2.29. The predicted octanol–water partition coefficient (Wildman–Crippen LogP) is 8.61. The fourth-order valence-corrected chi connectivity index (χ4v) is 3.95. The van der Waals surface area contributed by atoms with E-state index in [-0.39, 0.29) is 34.0 Å². The molecule has 0 spiro atoms. The summed E-state index contributed by atoms with van der Waals surface area (Å²) in [5, 5.41) is 4.89. The molecule has 0 aromatic heterocycles. The molecule has 0 radical (unpaired) electrons. The fraction of sp³-hybridized carbons (Fsp3) is 0. The Morgan fingerprint density at radius 3 is 1.20 bits per heavy atom. The average Bonchev–Trinajstić information content (AvgIpc) is 3.01. The van der Waals surface area contributed by atoms with Crippen LogP contribution < -0.4 is 20.1 Å². The third-order valence-electron chi connectivity index (χ3n) is 5.98. The first-order valence-corrected chi connectivity index (χ1v) is 12.6. The minimum Gasteiger partial charge on any atom is -0.451 e. The summed E-state index contributed by atoms with van der Waals surface area (Å²) in [4.78, 5) is 24.8. The van der Waals surface area contributed by atoms with Gasteiger partial charge in [0, 0.05) is 34.6 Å². The van der Waals surface area contributed by atoms with Gasteiger partial charge in [0.1, 0.15) is 23.1 Å². The van der Waals surface area contributed by atoms with E-state index in [9.17, 15) is 35.9 Å². The van der Waals surface area contributed by atoms with Crippen LogP contribution in [0.1, 0.15) is 20.7 Å². The number of anilines is 2. The summed E-state index contributed by atoms with van der Waals surface area (Å²) in [6.45, 7) is 0. The second-order valence-corrected chi connectivity index (χ2v) is 9.10. The van der Waals surface area contributed by atoms with Gasteiger partial charge in [0.2, 0.25) is 34.8 Å². The molecule has 0 heterocycles. The van der Waals surface area contributed by atoms with Crippen LogP contribution in [0.3, 0.4) is 0 Å². The number of nitrogens with one attached hydrogen (secondary N) is 2. The Bertz CT molecular complexity index is 1730. The topological polar surface area (TPSA) is 76.7 Å². The highest BCUT2D eigenvalue weighted by molar-refractivity contribution is 6.05. The number of carbonyl (C=O) groups is 2. The van der Waals surface area contributed by atoms with Gasteiger partial charge >= 0.3 is 0 Å². The molecule has 2 amide bonds. The number of halogens is 6. The van der Waals surface area contributed by atoms with Gasteiger partial charge in [-0.05, 0) is 60.7 Å². The van der Waals surface area contributed by atoms with Crippen molar-refractivity contribution in [3.63, 3.8) is 0 Å². The van der Waals surface area contributed by atoms with Gasteiger partial charge in [0.15, 0.2) is 0 Å². The molecule has 0 bridgehead atoms. The zero-order chi connectivity index (χ0) is 31.4. The summed E-state index contributed by atoms with van der Waals surface area (Å²) in [5.41, 5.74) is 0.131. The number of hydrogen-bond acceptors (Lipinski definition) is 4. The van der Waals surface area contributed by atoms with Crippen LogP contribution >= 0.6 is 0 Å². The number of carbonyl (C=O) groups excluding carboxylic acids is 2. The Morgan fingerprint density at radius 2 is 0.841 bits per heavy atom. The molecule has 5 aromatic carbocycles. The lowest BCUT2D eigenvalue weighted by atomic mass is 10.2. The molecule has 222 valence electrons. The van der Waals surface area contributed by atoms with Gasteiger partial charge in [0.25, 0.3) is 11.8 Å². The molecule has 2 N–H and O–H groups in total. The minimum atomic E-state index is -1.91. The largest absolute Gasteiger partial charge is 0.451 e.